The fraction of sp³-hybridized carbons (Fsp3) is 0.647. The van der Waals surface area contributed by atoms with E-state index in [0.717, 1.165) is 18.4 Å². The van der Waals surface area contributed by atoms with Gasteiger partial charge in [0.2, 0.25) is 0 Å². The van der Waals surface area contributed by atoms with Gasteiger partial charge in [-0.25, -0.2) is 4.89 Å². The van der Waals surface area contributed by atoms with Gasteiger partial charge in [-0.2, -0.15) is 0 Å². The number of benzene rings is 1. The first-order valence-corrected chi connectivity index (χ1v) is 7.59. The Hall–Kier alpha value is -0.860. The van der Waals surface area contributed by atoms with E-state index in [1.54, 1.807) is 0 Å². The van der Waals surface area contributed by atoms with Crippen molar-refractivity contribution in [2.45, 2.75) is 71.3 Å². The monoisotopic (exact) mass is 264 g/mol. The van der Waals surface area contributed by atoms with Gasteiger partial charge in [-0.3, -0.25) is 5.26 Å². The third-order valence-corrected chi connectivity index (χ3v) is 3.66. The van der Waals surface area contributed by atoms with Crippen LogP contribution in [0.3, 0.4) is 0 Å². The summed E-state index contributed by atoms with van der Waals surface area (Å²) in [4.78, 5) is 4.73. The van der Waals surface area contributed by atoms with Crippen LogP contribution < -0.4 is 0 Å². The summed E-state index contributed by atoms with van der Waals surface area (Å²) in [5, 5.41) is 9.19. The Morgan fingerprint density at radius 2 is 1.63 bits per heavy atom. The van der Waals surface area contributed by atoms with Crippen LogP contribution in [-0.4, -0.2) is 5.26 Å². The number of hydrogen-bond acceptors (Lipinski definition) is 2. The molecule has 19 heavy (non-hydrogen) atoms. The molecule has 0 heterocycles. The zero-order valence-electron chi connectivity index (χ0n) is 12.6. The van der Waals surface area contributed by atoms with Gasteiger partial charge in [0, 0.05) is 0 Å². The van der Waals surface area contributed by atoms with Gasteiger partial charge in [0.1, 0.15) is 6.10 Å². The molecule has 0 aliphatic rings. The molecule has 0 radical (unpaired) electrons. The molecule has 1 aromatic carbocycles. The van der Waals surface area contributed by atoms with Crippen molar-refractivity contribution in [3.8, 4) is 0 Å². The number of rotatable bonds is 9. The second-order valence-electron chi connectivity index (χ2n) is 5.58. The SMILES string of the molecule is CCCCCCCC(OO)c1ccccc1C(C)C. The minimum absolute atomic E-state index is 0.180. The smallest absolute Gasteiger partial charge is 0.118 e. The van der Waals surface area contributed by atoms with Crippen molar-refractivity contribution in [2.75, 3.05) is 0 Å². The lowest BCUT2D eigenvalue weighted by Crippen LogP contribution is -2.06. The number of unbranched alkanes of at least 4 members (excludes halogenated alkanes) is 4. The maximum absolute atomic E-state index is 9.19. The second kappa shape index (κ2) is 9.11. The predicted molar refractivity (Wildman–Crippen MR) is 80.4 cm³/mol. The first-order valence-electron chi connectivity index (χ1n) is 7.59. The largest absolute Gasteiger partial charge is 0.251 e. The van der Waals surface area contributed by atoms with Gasteiger partial charge in [0.25, 0.3) is 0 Å². The zero-order valence-corrected chi connectivity index (χ0v) is 12.6. The normalized spacial score (nSPS) is 12.9. The number of hydrogen-bond donors (Lipinski definition) is 1. The molecular formula is C17H28O2. The first-order chi connectivity index (χ1) is 9.20. The van der Waals surface area contributed by atoms with Crippen molar-refractivity contribution in [2.24, 2.45) is 0 Å². The van der Waals surface area contributed by atoms with E-state index < -0.39 is 0 Å². The van der Waals surface area contributed by atoms with E-state index in [9.17, 15) is 5.26 Å². The van der Waals surface area contributed by atoms with Gasteiger partial charge < -0.3 is 0 Å². The molecule has 0 saturated carbocycles. The minimum atomic E-state index is -0.180. The molecule has 2 nitrogen and oxygen atoms in total. The molecule has 1 N–H and O–H groups in total. The maximum Gasteiger partial charge on any atom is 0.118 e. The van der Waals surface area contributed by atoms with Crippen molar-refractivity contribution in [3.63, 3.8) is 0 Å². The Balaban J connectivity index is 2.59. The third kappa shape index (κ3) is 5.33. The Bertz CT molecular complexity index is 347. The van der Waals surface area contributed by atoms with Gasteiger partial charge in [-0.05, 0) is 23.5 Å². The highest BCUT2D eigenvalue weighted by Gasteiger charge is 2.17. The first kappa shape index (κ1) is 16.2. The van der Waals surface area contributed by atoms with E-state index in [0.29, 0.717) is 5.92 Å². The van der Waals surface area contributed by atoms with Crippen molar-refractivity contribution in [3.05, 3.63) is 35.4 Å². The Kier molecular flexibility index (Phi) is 7.76. The molecule has 0 aliphatic heterocycles. The lowest BCUT2D eigenvalue weighted by atomic mass is 9.92. The van der Waals surface area contributed by atoms with E-state index in [1.165, 1.54) is 31.2 Å². The van der Waals surface area contributed by atoms with Crippen molar-refractivity contribution in [1.29, 1.82) is 0 Å². The minimum Gasteiger partial charge on any atom is -0.251 e. The summed E-state index contributed by atoms with van der Waals surface area (Å²) in [6.07, 6.45) is 6.88. The molecule has 0 aromatic heterocycles. The quantitative estimate of drug-likeness (QED) is 0.352. The van der Waals surface area contributed by atoms with Crippen LogP contribution in [0.5, 0.6) is 0 Å². The highest BCUT2D eigenvalue weighted by atomic mass is 17.1. The average molecular weight is 264 g/mol. The van der Waals surface area contributed by atoms with Crippen molar-refractivity contribution in [1.82, 2.24) is 0 Å². The van der Waals surface area contributed by atoms with Gasteiger partial charge >= 0.3 is 0 Å². The van der Waals surface area contributed by atoms with Crippen LogP contribution in [-0.2, 0) is 4.89 Å². The van der Waals surface area contributed by atoms with Crippen LogP contribution in [0.25, 0.3) is 0 Å². The second-order valence-corrected chi connectivity index (χ2v) is 5.58. The predicted octanol–water partition coefficient (Wildman–Crippen LogP) is 5.70. The van der Waals surface area contributed by atoms with E-state index in [2.05, 4.69) is 39.0 Å². The fourth-order valence-corrected chi connectivity index (χ4v) is 2.53. The summed E-state index contributed by atoms with van der Waals surface area (Å²) in [6, 6.07) is 8.27. The van der Waals surface area contributed by atoms with Crippen LogP contribution in [0.4, 0.5) is 0 Å². The topological polar surface area (TPSA) is 29.5 Å². The molecular weight excluding hydrogens is 236 g/mol. The van der Waals surface area contributed by atoms with Crippen LogP contribution >= 0.6 is 0 Å². The summed E-state index contributed by atoms with van der Waals surface area (Å²) in [5.74, 6) is 0.453. The molecule has 0 saturated heterocycles. The van der Waals surface area contributed by atoms with Crippen LogP contribution in [0, 0.1) is 0 Å². The van der Waals surface area contributed by atoms with E-state index in [4.69, 9.17) is 4.89 Å². The zero-order chi connectivity index (χ0) is 14.1. The molecule has 1 rings (SSSR count). The highest BCUT2D eigenvalue weighted by molar-refractivity contribution is 5.31. The molecule has 0 fully saturated rings. The lowest BCUT2D eigenvalue weighted by Gasteiger charge is -2.19. The van der Waals surface area contributed by atoms with Gasteiger partial charge in [0.15, 0.2) is 0 Å². The Morgan fingerprint density at radius 3 is 2.21 bits per heavy atom. The molecule has 1 aromatic rings. The molecule has 1 unspecified atom stereocenters. The Morgan fingerprint density at radius 1 is 1.00 bits per heavy atom. The summed E-state index contributed by atoms with van der Waals surface area (Å²) in [5.41, 5.74) is 2.41. The van der Waals surface area contributed by atoms with Gasteiger partial charge in [-0.1, -0.05) is 77.1 Å². The standard InChI is InChI=1S/C17H28O2/c1-4-5-6-7-8-13-17(19-18)16-12-10-9-11-15(16)14(2)3/h9-12,14,17-18H,4-8,13H2,1-3H3. The van der Waals surface area contributed by atoms with Crippen LogP contribution in [0.1, 0.15) is 82.4 Å². The average Bonchev–Trinajstić information content (AvgIpc) is 2.43. The molecule has 0 aliphatic carbocycles. The van der Waals surface area contributed by atoms with Crippen LogP contribution in [0.15, 0.2) is 24.3 Å². The summed E-state index contributed by atoms with van der Waals surface area (Å²) >= 11 is 0. The van der Waals surface area contributed by atoms with Gasteiger partial charge in [-0.15, -0.1) is 0 Å². The van der Waals surface area contributed by atoms with E-state index >= 15 is 0 Å². The molecule has 2 heteroatoms. The van der Waals surface area contributed by atoms with E-state index in [1.807, 2.05) is 6.07 Å². The summed E-state index contributed by atoms with van der Waals surface area (Å²) in [6.45, 7) is 6.57. The Labute approximate surface area is 117 Å². The fourth-order valence-electron chi connectivity index (χ4n) is 2.53. The summed E-state index contributed by atoms with van der Waals surface area (Å²) < 4.78 is 0. The van der Waals surface area contributed by atoms with Gasteiger partial charge in [0.05, 0.1) is 0 Å². The van der Waals surface area contributed by atoms with Crippen molar-refractivity contribution < 1.29 is 10.1 Å². The molecule has 0 spiro atoms. The molecule has 1 atom stereocenters. The van der Waals surface area contributed by atoms with Crippen LogP contribution in [0.2, 0.25) is 0 Å². The molecule has 108 valence electrons. The molecule has 0 bridgehead atoms. The van der Waals surface area contributed by atoms with E-state index in [-0.39, 0.29) is 6.10 Å². The maximum atomic E-state index is 9.19. The lowest BCUT2D eigenvalue weighted by molar-refractivity contribution is -0.283. The summed E-state index contributed by atoms with van der Waals surface area (Å²) in [7, 11) is 0. The molecule has 0 amide bonds. The van der Waals surface area contributed by atoms with Crippen molar-refractivity contribution >= 4 is 0 Å². The third-order valence-electron chi connectivity index (χ3n) is 3.66. The highest BCUT2D eigenvalue weighted by Crippen LogP contribution is 2.30.